The van der Waals surface area contributed by atoms with Gasteiger partial charge in [-0.15, -0.1) is 12.8 Å². The monoisotopic (exact) mass is 582 g/mol. The van der Waals surface area contributed by atoms with Crippen molar-refractivity contribution in [1.82, 2.24) is 20.0 Å². The van der Waals surface area contributed by atoms with Gasteiger partial charge in [0.1, 0.15) is 0 Å². The number of amides is 2. The third-order valence-electron chi connectivity index (χ3n) is 5.97. The molecule has 1 N–H and O–H groups in total. The summed E-state index contributed by atoms with van der Waals surface area (Å²) < 4.78 is 80.2. The lowest BCUT2D eigenvalue weighted by Gasteiger charge is -2.16. The zero-order valence-electron chi connectivity index (χ0n) is 21.1. The van der Waals surface area contributed by atoms with Gasteiger partial charge in [-0.05, 0) is 79.2 Å². The van der Waals surface area contributed by atoms with Crippen molar-refractivity contribution >= 4 is 39.9 Å². The van der Waals surface area contributed by atoms with E-state index in [4.69, 9.17) is 0 Å². The highest BCUT2D eigenvalue weighted by Crippen LogP contribution is 2.38. The minimum atomic E-state index is -4.98. The third kappa shape index (κ3) is 7.25. The molecule has 3 aromatic rings. The number of carbonyl (C=O) groups excluding carboxylic acids is 2. The smallest absolute Gasteiger partial charge is 0.317 e. The Morgan fingerprint density at radius 1 is 1.00 bits per heavy atom. The van der Waals surface area contributed by atoms with Crippen LogP contribution in [0.1, 0.15) is 35.1 Å². The highest BCUT2D eigenvalue weighted by molar-refractivity contribution is 8.18. The molecule has 2 aliphatic heterocycles. The molecule has 40 heavy (non-hydrogen) atoms. The molecule has 0 atom stereocenters. The summed E-state index contributed by atoms with van der Waals surface area (Å²) in [5, 5.41) is 7.43. The number of aromatic nitrogens is 2. The van der Waals surface area contributed by atoms with E-state index in [1.54, 1.807) is 18.2 Å². The Hall–Kier alpha value is -3.76. The molecule has 212 valence electrons. The quantitative estimate of drug-likeness (QED) is 0.220. The van der Waals surface area contributed by atoms with Gasteiger partial charge in [0.25, 0.3) is 11.1 Å². The van der Waals surface area contributed by atoms with E-state index in [2.05, 4.69) is 23.3 Å². The van der Waals surface area contributed by atoms with Crippen LogP contribution in [0.3, 0.4) is 0 Å². The van der Waals surface area contributed by atoms with Crippen LogP contribution in [-0.2, 0) is 23.7 Å². The van der Waals surface area contributed by atoms with E-state index in [-0.39, 0.29) is 16.5 Å². The van der Waals surface area contributed by atoms with E-state index >= 15 is 0 Å². The molecule has 2 aliphatic rings. The van der Waals surface area contributed by atoms with Gasteiger partial charge in [0.2, 0.25) is 0 Å². The fourth-order valence-corrected chi connectivity index (χ4v) is 4.79. The first-order chi connectivity index (χ1) is 18.8. The molecule has 0 spiro atoms. The Labute approximate surface area is 230 Å². The number of carbonyl (C=O) groups is 2. The Morgan fingerprint density at radius 3 is 2.20 bits per heavy atom. The fourth-order valence-electron chi connectivity index (χ4n) is 3.96. The van der Waals surface area contributed by atoms with Gasteiger partial charge in [0, 0.05) is 12.4 Å². The van der Waals surface area contributed by atoms with Gasteiger partial charge < -0.3 is 5.32 Å². The van der Waals surface area contributed by atoms with E-state index < -0.39 is 41.2 Å². The molecule has 3 heterocycles. The summed E-state index contributed by atoms with van der Waals surface area (Å²) in [6.07, 6.45) is 3.81. The summed E-state index contributed by atoms with van der Waals surface area (Å²) in [5.74, 6) is -0.442. The van der Waals surface area contributed by atoms with Gasteiger partial charge in [-0.2, -0.15) is 31.4 Å². The molecule has 13 heteroatoms. The predicted octanol–water partition coefficient (Wildman–Crippen LogP) is 6.41. The molecule has 2 fully saturated rings. The number of terminal acetylenes is 1. The summed E-state index contributed by atoms with van der Waals surface area (Å²) >= 11 is 0.787. The number of rotatable bonds is 3. The minimum absolute atomic E-state index is 0.0971. The maximum Gasteiger partial charge on any atom is 0.416 e. The van der Waals surface area contributed by atoms with E-state index in [0.29, 0.717) is 22.5 Å². The lowest BCUT2D eigenvalue weighted by molar-refractivity contribution is -0.143. The van der Waals surface area contributed by atoms with Crippen molar-refractivity contribution in [3.05, 3.63) is 69.8 Å². The predicted molar refractivity (Wildman–Crippen MR) is 141 cm³/mol. The number of imide groups is 1. The van der Waals surface area contributed by atoms with Crippen LogP contribution in [0.5, 0.6) is 0 Å². The second-order valence-corrected chi connectivity index (χ2v) is 9.68. The second-order valence-electron chi connectivity index (χ2n) is 8.69. The summed E-state index contributed by atoms with van der Waals surface area (Å²) in [6.45, 7) is 2.10. The number of nitrogens with zero attached hydrogens (tertiary/aromatic N) is 3. The first-order valence-electron chi connectivity index (χ1n) is 11.8. The number of hydrogen-bond donors (Lipinski definition) is 1. The molecular weight excluding hydrogens is 558 g/mol. The van der Waals surface area contributed by atoms with Crippen molar-refractivity contribution < 1.29 is 35.9 Å². The topological polar surface area (TPSA) is 67.2 Å². The first kappa shape index (κ1) is 30.8. The van der Waals surface area contributed by atoms with Crippen LogP contribution in [0.15, 0.2) is 47.5 Å². The van der Waals surface area contributed by atoms with E-state index in [1.807, 2.05) is 0 Å². The normalized spacial score (nSPS) is 16.6. The number of nitrogens with one attached hydrogen (secondary N) is 1. The van der Waals surface area contributed by atoms with E-state index in [0.717, 1.165) is 22.7 Å². The molecule has 2 amide bonds. The number of hydrogen-bond acceptors (Lipinski definition) is 5. The highest BCUT2D eigenvalue weighted by Gasteiger charge is 2.38. The van der Waals surface area contributed by atoms with Gasteiger partial charge in [0.05, 0.1) is 34.3 Å². The Kier molecular flexibility index (Phi) is 9.70. The molecule has 2 saturated heterocycles. The summed E-state index contributed by atoms with van der Waals surface area (Å²) in [4.78, 5) is 24.9. The van der Waals surface area contributed by atoms with Crippen molar-refractivity contribution in [1.29, 1.82) is 0 Å². The number of likely N-dealkylation sites (N-methyl/N-ethyl adjacent to an activating group) is 1. The SMILES string of the molecule is C#C.C1CCNC1.CN1C(=O)S/C(=C\c2ccc3c(cnn3Cc3ccc(C(F)(F)F)cc3C(F)(F)F)c2)C1=O. The van der Waals surface area contributed by atoms with Crippen LogP contribution in [0.25, 0.3) is 17.0 Å². The molecule has 0 radical (unpaired) electrons. The van der Waals surface area contributed by atoms with Crippen LogP contribution in [0, 0.1) is 12.8 Å². The first-order valence-corrected chi connectivity index (χ1v) is 12.6. The molecule has 1 aromatic heterocycles. The average Bonchev–Trinajstić information content (AvgIpc) is 3.65. The zero-order valence-corrected chi connectivity index (χ0v) is 22.0. The summed E-state index contributed by atoms with van der Waals surface area (Å²) in [7, 11) is 1.36. The summed E-state index contributed by atoms with van der Waals surface area (Å²) in [5.41, 5.74) is -2.10. The van der Waals surface area contributed by atoms with E-state index in [9.17, 15) is 35.9 Å². The van der Waals surface area contributed by atoms with Crippen molar-refractivity contribution in [3.8, 4) is 12.8 Å². The molecule has 6 nitrogen and oxygen atoms in total. The Balaban J connectivity index is 0.000000558. The van der Waals surface area contributed by atoms with Crippen LogP contribution in [0.4, 0.5) is 31.1 Å². The number of alkyl halides is 6. The lowest BCUT2D eigenvalue weighted by atomic mass is 10.0. The molecule has 0 aliphatic carbocycles. The maximum atomic E-state index is 13.4. The average molecular weight is 583 g/mol. The minimum Gasteiger partial charge on any atom is -0.317 e. The van der Waals surface area contributed by atoms with Gasteiger partial charge in [-0.3, -0.25) is 19.2 Å². The Bertz CT molecular complexity index is 1430. The molecule has 5 rings (SSSR count). The third-order valence-corrected chi connectivity index (χ3v) is 6.93. The maximum absolute atomic E-state index is 13.4. The molecule has 0 bridgehead atoms. The lowest BCUT2D eigenvalue weighted by Crippen LogP contribution is -2.22. The molecule has 0 saturated carbocycles. The second kappa shape index (κ2) is 12.6. The number of benzene rings is 2. The van der Waals surface area contributed by atoms with Gasteiger partial charge >= 0.3 is 12.4 Å². The van der Waals surface area contributed by atoms with Gasteiger partial charge in [-0.1, -0.05) is 12.1 Å². The molecule has 2 aromatic carbocycles. The number of halogens is 6. The number of thioether (sulfide) groups is 1. The molecular formula is C27H24F6N4O2S. The van der Waals surface area contributed by atoms with Crippen molar-refractivity contribution in [3.63, 3.8) is 0 Å². The van der Waals surface area contributed by atoms with Crippen LogP contribution in [-0.4, -0.2) is 46.0 Å². The highest BCUT2D eigenvalue weighted by atomic mass is 32.2. The number of fused-ring (bicyclic) bond motifs is 1. The van der Waals surface area contributed by atoms with Crippen molar-refractivity contribution in [2.75, 3.05) is 20.1 Å². The summed E-state index contributed by atoms with van der Waals surface area (Å²) in [6, 6.07) is 6.31. The standard InChI is InChI=1S/C21H13F6N3O2S.C4H9N.C2H2/c1-29-18(31)17(33-19(29)32)7-11-2-5-16-13(6-11)9-28-30(16)10-12-3-4-14(20(22,23)24)8-15(12)21(25,26)27;1-2-4-5-3-1;1-2/h2-9H,10H2,1H3;5H,1-4H2;1-2H/b17-7-;;. The van der Waals surface area contributed by atoms with Gasteiger partial charge in [0.15, 0.2) is 0 Å². The van der Waals surface area contributed by atoms with Crippen LogP contribution >= 0.6 is 11.8 Å². The van der Waals surface area contributed by atoms with Crippen molar-refractivity contribution in [2.45, 2.75) is 31.7 Å². The van der Waals surface area contributed by atoms with Crippen LogP contribution in [0.2, 0.25) is 0 Å². The Morgan fingerprint density at radius 2 is 1.68 bits per heavy atom. The van der Waals surface area contributed by atoms with E-state index in [1.165, 1.54) is 49.9 Å². The largest absolute Gasteiger partial charge is 0.416 e. The molecule has 0 unspecified atom stereocenters. The van der Waals surface area contributed by atoms with Crippen LogP contribution < -0.4 is 5.32 Å². The van der Waals surface area contributed by atoms with Crippen molar-refractivity contribution in [2.24, 2.45) is 0 Å². The fraction of sp³-hybridized carbons (Fsp3) is 0.296. The van der Waals surface area contributed by atoms with Gasteiger partial charge in [-0.25, -0.2) is 0 Å². The zero-order chi connectivity index (χ0) is 29.7.